The fourth-order valence-electron chi connectivity index (χ4n) is 4.32. The smallest absolute Gasteiger partial charge is 0.238 e. The molecule has 10 nitrogen and oxygen atoms in total. The van der Waals surface area contributed by atoms with Gasteiger partial charge in [0.2, 0.25) is 5.91 Å². The lowest BCUT2D eigenvalue weighted by atomic mass is 10.1. The van der Waals surface area contributed by atoms with E-state index in [-0.39, 0.29) is 11.9 Å². The Kier molecular flexibility index (Phi) is 6.34. The van der Waals surface area contributed by atoms with E-state index in [0.717, 1.165) is 56.3 Å². The molecular formula is C21H28N6O4S. The third-order valence-electron chi connectivity index (χ3n) is 6.14. The molecule has 1 atom stereocenters. The van der Waals surface area contributed by atoms with E-state index in [4.69, 9.17) is 14.1 Å². The van der Waals surface area contributed by atoms with Gasteiger partial charge in [-0.2, -0.15) is 5.26 Å². The van der Waals surface area contributed by atoms with E-state index in [2.05, 4.69) is 21.2 Å². The van der Waals surface area contributed by atoms with Gasteiger partial charge in [-0.3, -0.25) is 19.2 Å². The van der Waals surface area contributed by atoms with Crippen LogP contribution >= 0.6 is 11.8 Å². The van der Waals surface area contributed by atoms with Gasteiger partial charge in [-0.1, -0.05) is 9.71 Å². The maximum Gasteiger partial charge on any atom is 0.238 e. The molecule has 0 bridgehead atoms. The molecule has 11 heteroatoms. The summed E-state index contributed by atoms with van der Waals surface area (Å²) in [5.41, 5.74) is 0.720. The Morgan fingerprint density at radius 3 is 2.81 bits per heavy atom. The fraction of sp³-hybridized carbons (Fsp3) is 0.619. The van der Waals surface area contributed by atoms with Gasteiger partial charge in [-0.25, -0.2) is 0 Å². The number of fused-ring (bicyclic) bond motifs is 1. The summed E-state index contributed by atoms with van der Waals surface area (Å²) in [6.07, 6.45) is 1.91. The molecule has 0 aliphatic carbocycles. The predicted octanol–water partition coefficient (Wildman–Crippen LogP) is 1.83. The number of rotatable bonds is 7. The molecule has 1 aromatic carbocycles. The van der Waals surface area contributed by atoms with Gasteiger partial charge in [-0.15, -0.1) is 11.8 Å². The molecule has 1 N–H and O–H groups in total. The molecule has 172 valence electrons. The quantitative estimate of drug-likeness (QED) is 0.668. The van der Waals surface area contributed by atoms with Crippen LogP contribution in [-0.4, -0.2) is 82.5 Å². The summed E-state index contributed by atoms with van der Waals surface area (Å²) in [5.74, 6) is 3.16. The average Bonchev–Trinajstić information content (AvgIpc) is 3.45. The third kappa shape index (κ3) is 4.92. The van der Waals surface area contributed by atoms with Gasteiger partial charge >= 0.3 is 0 Å². The summed E-state index contributed by atoms with van der Waals surface area (Å²) < 4.78 is 16.8. The van der Waals surface area contributed by atoms with Crippen molar-refractivity contribution in [3.63, 3.8) is 0 Å². The molecule has 2 saturated heterocycles. The minimum Gasteiger partial charge on any atom is -0.486 e. The zero-order valence-electron chi connectivity index (χ0n) is 17.9. The number of anilines is 1. The second-order valence-corrected chi connectivity index (χ2v) is 9.33. The molecule has 2 fully saturated rings. The number of amides is 1. The number of ether oxygens (including phenoxy) is 2. The lowest BCUT2D eigenvalue weighted by Crippen LogP contribution is -2.39. The number of nitriles is 1. The summed E-state index contributed by atoms with van der Waals surface area (Å²) in [5, 5.41) is 12.1. The second-order valence-electron chi connectivity index (χ2n) is 8.33. The Bertz CT molecular complexity index is 970. The number of nitrogens with zero attached hydrogens (tertiary/aromatic N) is 5. The van der Waals surface area contributed by atoms with Crippen LogP contribution in [-0.2, 0) is 11.3 Å². The lowest BCUT2D eigenvalue weighted by Gasteiger charge is -2.29. The maximum absolute atomic E-state index is 12.5. The number of carbonyl (C=O) groups excluding carboxylic acids is 1. The molecule has 1 amide bonds. The average molecular weight is 461 g/mol. The van der Waals surface area contributed by atoms with Crippen LogP contribution < -0.4 is 14.8 Å². The molecule has 3 aliphatic heterocycles. The number of aromatic nitrogens is 2. The van der Waals surface area contributed by atoms with Crippen molar-refractivity contribution in [2.24, 2.45) is 0 Å². The Balaban J connectivity index is 1.04. The highest BCUT2D eigenvalue weighted by Crippen LogP contribution is 2.32. The van der Waals surface area contributed by atoms with Crippen molar-refractivity contribution >= 4 is 23.4 Å². The van der Waals surface area contributed by atoms with Crippen LogP contribution in [0.2, 0.25) is 0 Å². The summed E-state index contributed by atoms with van der Waals surface area (Å²) >= 11 is 1.81. The van der Waals surface area contributed by atoms with E-state index >= 15 is 0 Å². The number of benzene rings is 1. The molecule has 1 unspecified atom stereocenters. The molecule has 3 aliphatic rings. The van der Waals surface area contributed by atoms with Crippen molar-refractivity contribution in [3.05, 3.63) is 18.2 Å². The largest absolute Gasteiger partial charge is 0.486 e. The monoisotopic (exact) mass is 460 g/mol. The molecule has 2 aromatic rings. The van der Waals surface area contributed by atoms with E-state index in [0.29, 0.717) is 37.3 Å². The van der Waals surface area contributed by atoms with Gasteiger partial charge in [-0.05, 0) is 25.0 Å². The highest BCUT2D eigenvalue weighted by molar-refractivity contribution is 7.99. The topological polar surface area (TPSA) is 101 Å². The Morgan fingerprint density at radius 1 is 1.19 bits per heavy atom. The Morgan fingerprint density at radius 2 is 2.00 bits per heavy atom. The van der Waals surface area contributed by atoms with Gasteiger partial charge in [0.25, 0.3) is 0 Å². The summed E-state index contributed by atoms with van der Waals surface area (Å²) in [4.78, 5) is 20.7. The first-order valence-electron chi connectivity index (χ1n) is 11.1. The number of carbonyl (C=O) groups is 1. The van der Waals surface area contributed by atoms with Gasteiger partial charge in [0, 0.05) is 43.0 Å². The van der Waals surface area contributed by atoms with E-state index in [1.54, 1.807) is 0 Å². The molecule has 0 saturated carbocycles. The molecule has 0 radical (unpaired) electrons. The van der Waals surface area contributed by atoms with Crippen molar-refractivity contribution in [1.82, 2.24) is 19.5 Å². The van der Waals surface area contributed by atoms with E-state index in [1.165, 1.54) is 0 Å². The molecule has 1 aromatic heterocycles. The van der Waals surface area contributed by atoms with Crippen molar-refractivity contribution in [3.8, 4) is 17.6 Å². The third-order valence-corrected chi connectivity index (χ3v) is 7.20. The zero-order valence-corrected chi connectivity index (χ0v) is 18.8. The van der Waals surface area contributed by atoms with Crippen LogP contribution in [0.3, 0.4) is 0 Å². The summed E-state index contributed by atoms with van der Waals surface area (Å²) in [6, 6.07) is 8.20. The Labute approximate surface area is 190 Å². The van der Waals surface area contributed by atoms with Crippen molar-refractivity contribution in [2.75, 3.05) is 56.3 Å². The Hall–Kier alpha value is -2.55. The highest BCUT2D eigenvalue weighted by atomic mass is 32.2. The number of thioether (sulfide) groups is 1. The molecule has 5 rings (SSSR count). The normalized spacial score (nSPS) is 22.2. The van der Waals surface area contributed by atoms with Crippen LogP contribution in [0.25, 0.3) is 0 Å². The molecular weight excluding hydrogens is 432 g/mol. The van der Waals surface area contributed by atoms with Crippen LogP contribution in [0.1, 0.15) is 18.9 Å². The van der Waals surface area contributed by atoms with Gasteiger partial charge in [0.15, 0.2) is 11.5 Å². The standard InChI is InChI=1S/C21H28N6O4S/c22-12-18-14-32-15-25(18)7-8-26-27(31-26)17-3-5-24(6-4-17)13-21(28)23-16-1-2-19-20(11-16)30-10-9-29-19/h1-2,11,17-18H,3-10,13-15H2,(H,23,28). The highest BCUT2D eigenvalue weighted by Gasteiger charge is 2.30. The number of hydrogen-bond acceptors (Lipinski definition) is 8. The van der Waals surface area contributed by atoms with Crippen molar-refractivity contribution < 1.29 is 18.9 Å². The van der Waals surface area contributed by atoms with Gasteiger partial charge < -0.3 is 14.8 Å². The van der Waals surface area contributed by atoms with Crippen LogP contribution in [0.4, 0.5) is 5.69 Å². The first kappa shape index (κ1) is 21.3. The van der Waals surface area contributed by atoms with Gasteiger partial charge in [0.05, 0.1) is 25.2 Å². The SMILES string of the molecule is N#CC1CSCN1CCn1on1C1CCN(CC(=O)Nc2ccc3c(c2)OCCO3)CC1. The van der Waals surface area contributed by atoms with Crippen LogP contribution in [0, 0.1) is 11.3 Å². The molecule has 0 spiro atoms. The molecule has 4 heterocycles. The second kappa shape index (κ2) is 9.52. The molecule has 32 heavy (non-hydrogen) atoms. The van der Waals surface area contributed by atoms with Crippen LogP contribution in [0.5, 0.6) is 11.5 Å². The van der Waals surface area contributed by atoms with Crippen LogP contribution in [0.15, 0.2) is 22.8 Å². The predicted molar refractivity (Wildman–Crippen MR) is 119 cm³/mol. The minimum atomic E-state index is -0.0275. The van der Waals surface area contributed by atoms with Gasteiger partial charge in [0.1, 0.15) is 19.3 Å². The van der Waals surface area contributed by atoms with E-state index in [1.807, 2.05) is 39.7 Å². The first-order valence-corrected chi connectivity index (χ1v) is 12.2. The summed E-state index contributed by atoms with van der Waals surface area (Å²) in [7, 11) is 0. The van der Waals surface area contributed by atoms with Crippen molar-refractivity contribution in [2.45, 2.75) is 31.5 Å². The number of hydrogen-bond donors (Lipinski definition) is 1. The van der Waals surface area contributed by atoms with E-state index < -0.39 is 0 Å². The van der Waals surface area contributed by atoms with E-state index in [9.17, 15) is 10.1 Å². The number of likely N-dealkylation sites (tertiary alicyclic amines) is 1. The summed E-state index contributed by atoms with van der Waals surface area (Å²) in [6.45, 7) is 4.76. The number of nitrogens with one attached hydrogen (secondary N) is 1. The fourth-order valence-corrected chi connectivity index (χ4v) is 5.48. The zero-order chi connectivity index (χ0) is 21.9. The minimum absolute atomic E-state index is 0.0185. The maximum atomic E-state index is 12.5. The first-order chi connectivity index (χ1) is 15.7. The lowest BCUT2D eigenvalue weighted by molar-refractivity contribution is -0.117. The van der Waals surface area contributed by atoms with Crippen molar-refractivity contribution in [1.29, 1.82) is 5.26 Å². The number of piperidine rings is 1.